The van der Waals surface area contributed by atoms with Gasteiger partial charge in [-0.15, -0.1) is 0 Å². The number of esters is 1. The predicted octanol–water partition coefficient (Wildman–Crippen LogP) is 2.41. The van der Waals surface area contributed by atoms with Crippen LogP contribution in [0.4, 0.5) is 0 Å². The maximum absolute atomic E-state index is 12.0. The van der Waals surface area contributed by atoms with E-state index in [0.717, 1.165) is 0 Å². The van der Waals surface area contributed by atoms with Crippen molar-refractivity contribution in [3.05, 3.63) is 65.7 Å². The molecule has 2 aromatic carbocycles. The van der Waals surface area contributed by atoms with Gasteiger partial charge in [0, 0.05) is 17.7 Å². The van der Waals surface area contributed by atoms with Crippen molar-refractivity contribution in [3.63, 3.8) is 0 Å². The number of primary amides is 1. The van der Waals surface area contributed by atoms with E-state index in [-0.39, 0.29) is 0 Å². The second kappa shape index (κ2) is 7.08. The van der Waals surface area contributed by atoms with Crippen molar-refractivity contribution in [2.75, 3.05) is 7.11 Å². The van der Waals surface area contributed by atoms with Crippen LogP contribution in [-0.4, -0.2) is 19.0 Å². The fourth-order valence-electron chi connectivity index (χ4n) is 1.80. The summed E-state index contributed by atoms with van der Waals surface area (Å²) in [5, 5.41) is 0. The summed E-state index contributed by atoms with van der Waals surface area (Å²) in [7, 11) is 1.49. The van der Waals surface area contributed by atoms with E-state index in [0.29, 0.717) is 22.6 Å². The summed E-state index contributed by atoms with van der Waals surface area (Å²) in [6, 6.07) is 13.5. The molecule has 0 atom stereocenters. The van der Waals surface area contributed by atoms with Crippen LogP contribution in [0.5, 0.6) is 11.5 Å². The Bertz CT molecular complexity index is 708. The monoisotopic (exact) mass is 297 g/mol. The lowest BCUT2D eigenvalue weighted by Crippen LogP contribution is -2.08. The number of rotatable bonds is 5. The molecule has 1 amide bonds. The minimum atomic E-state index is -0.554. The minimum Gasteiger partial charge on any atom is -0.496 e. The zero-order valence-corrected chi connectivity index (χ0v) is 12.0. The highest BCUT2D eigenvalue weighted by atomic mass is 16.5. The topological polar surface area (TPSA) is 78.6 Å². The molecule has 0 bridgehead atoms. The smallest absolute Gasteiger partial charge is 0.343 e. The first-order chi connectivity index (χ1) is 10.6. The molecule has 5 heteroatoms. The molecular weight excluding hydrogens is 282 g/mol. The van der Waals surface area contributed by atoms with Crippen molar-refractivity contribution >= 4 is 18.0 Å². The average Bonchev–Trinajstić information content (AvgIpc) is 2.54. The fourth-order valence-corrected chi connectivity index (χ4v) is 1.80. The van der Waals surface area contributed by atoms with Gasteiger partial charge in [-0.3, -0.25) is 4.79 Å². The predicted molar refractivity (Wildman–Crippen MR) is 82.6 cm³/mol. The molecule has 0 unspecified atom stereocenters. The lowest BCUT2D eigenvalue weighted by molar-refractivity contribution is -0.113. The summed E-state index contributed by atoms with van der Waals surface area (Å²) >= 11 is 0. The van der Waals surface area contributed by atoms with E-state index in [9.17, 15) is 9.59 Å². The molecule has 22 heavy (non-hydrogen) atoms. The molecule has 0 aliphatic rings. The Hall–Kier alpha value is -3.08. The number of carbonyl (C=O) groups is 2. The molecular formula is C17H15NO4. The maximum Gasteiger partial charge on any atom is 0.343 e. The van der Waals surface area contributed by atoms with Crippen molar-refractivity contribution in [1.29, 1.82) is 0 Å². The highest BCUT2D eigenvalue weighted by Gasteiger charge is 2.10. The van der Waals surface area contributed by atoms with E-state index in [1.807, 2.05) is 6.07 Å². The van der Waals surface area contributed by atoms with Gasteiger partial charge in [0.25, 0.3) is 0 Å². The number of carbonyl (C=O) groups excluding carboxylic acids is 2. The molecule has 0 aliphatic heterocycles. The number of benzene rings is 2. The van der Waals surface area contributed by atoms with E-state index in [1.165, 1.54) is 19.3 Å². The van der Waals surface area contributed by atoms with Crippen molar-refractivity contribution < 1.29 is 19.1 Å². The maximum atomic E-state index is 12.0. The molecule has 0 fully saturated rings. The quantitative estimate of drug-likeness (QED) is 0.522. The van der Waals surface area contributed by atoms with Gasteiger partial charge in [-0.05, 0) is 30.3 Å². The third-order valence-electron chi connectivity index (χ3n) is 2.85. The number of nitrogens with two attached hydrogens (primary N) is 1. The number of methoxy groups -OCH3 is 1. The van der Waals surface area contributed by atoms with Crippen LogP contribution in [0.25, 0.3) is 6.08 Å². The van der Waals surface area contributed by atoms with Gasteiger partial charge in [0.15, 0.2) is 0 Å². The third-order valence-corrected chi connectivity index (χ3v) is 2.85. The van der Waals surface area contributed by atoms with Crippen molar-refractivity contribution in [3.8, 4) is 11.5 Å². The summed E-state index contributed by atoms with van der Waals surface area (Å²) in [6.45, 7) is 0. The molecule has 112 valence electrons. The molecule has 5 nitrogen and oxygen atoms in total. The molecule has 0 spiro atoms. The van der Waals surface area contributed by atoms with Gasteiger partial charge in [0.05, 0.1) is 12.7 Å². The minimum absolute atomic E-state index is 0.349. The molecule has 0 saturated carbocycles. The Morgan fingerprint density at radius 2 is 1.82 bits per heavy atom. The number of hydrogen-bond donors (Lipinski definition) is 1. The molecule has 0 saturated heterocycles. The van der Waals surface area contributed by atoms with Gasteiger partial charge in [0.2, 0.25) is 5.91 Å². The highest BCUT2D eigenvalue weighted by molar-refractivity contribution is 5.92. The molecule has 0 aromatic heterocycles. The SMILES string of the molecule is COc1cc(OC(=O)c2ccccc2)ccc1C=CC(N)=O. The van der Waals surface area contributed by atoms with Gasteiger partial charge in [-0.2, -0.15) is 0 Å². The van der Waals surface area contributed by atoms with E-state index in [2.05, 4.69) is 0 Å². The van der Waals surface area contributed by atoms with Crippen LogP contribution >= 0.6 is 0 Å². The first kappa shape index (κ1) is 15.3. The molecule has 0 aliphatic carbocycles. The van der Waals surface area contributed by atoms with E-state index >= 15 is 0 Å². The molecule has 0 heterocycles. The summed E-state index contributed by atoms with van der Waals surface area (Å²) in [6.07, 6.45) is 2.76. The van der Waals surface area contributed by atoms with Crippen LogP contribution in [0.1, 0.15) is 15.9 Å². The highest BCUT2D eigenvalue weighted by Crippen LogP contribution is 2.26. The number of hydrogen-bond acceptors (Lipinski definition) is 4. The first-order valence-corrected chi connectivity index (χ1v) is 6.53. The van der Waals surface area contributed by atoms with Crippen LogP contribution in [0.15, 0.2) is 54.6 Å². The van der Waals surface area contributed by atoms with Crippen molar-refractivity contribution in [2.24, 2.45) is 5.73 Å². The zero-order valence-electron chi connectivity index (χ0n) is 12.0. The molecule has 2 aromatic rings. The van der Waals surface area contributed by atoms with Crippen molar-refractivity contribution in [1.82, 2.24) is 0 Å². The van der Waals surface area contributed by atoms with E-state index in [4.69, 9.17) is 15.2 Å². The number of ether oxygens (including phenoxy) is 2. The van der Waals surface area contributed by atoms with E-state index < -0.39 is 11.9 Å². The molecule has 2 rings (SSSR count). The third kappa shape index (κ3) is 3.96. The van der Waals surface area contributed by atoms with Crippen LogP contribution in [-0.2, 0) is 4.79 Å². The average molecular weight is 297 g/mol. The Balaban J connectivity index is 2.19. The summed E-state index contributed by atoms with van der Waals surface area (Å²) in [5.74, 6) is -0.192. The molecule has 2 N–H and O–H groups in total. The van der Waals surface area contributed by atoms with Crippen molar-refractivity contribution in [2.45, 2.75) is 0 Å². The van der Waals surface area contributed by atoms with Gasteiger partial charge in [-0.1, -0.05) is 18.2 Å². The normalized spacial score (nSPS) is 10.4. The van der Waals surface area contributed by atoms with Gasteiger partial charge >= 0.3 is 5.97 Å². The Morgan fingerprint density at radius 1 is 1.09 bits per heavy atom. The van der Waals surface area contributed by atoms with Crippen LogP contribution < -0.4 is 15.2 Å². The second-order valence-electron chi connectivity index (χ2n) is 4.40. The first-order valence-electron chi connectivity index (χ1n) is 6.53. The Labute approximate surface area is 128 Å². The van der Waals surface area contributed by atoms with Crippen LogP contribution in [0.2, 0.25) is 0 Å². The van der Waals surface area contributed by atoms with Crippen LogP contribution in [0.3, 0.4) is 0 Å². The fraction of sp³-hybridized carbons (Fsp3) is 0.0588. The number of amides is 1. The lowest BCUT2D eigenvalue weighted by Gasteiger charge is -2.09. The zero-order chi connectivity index (χ0) is 15.9. The second-order valence-corrected chi connectivity index (χ2v) is 4.40. The lowest BCUT2D eigenvalue weighted by atomic mass is 10.1. The summed E-state index contributed by atoms with van der Waals surface area (Å²) < 4.78 is 10.5. The largest absolute Gasteiger partial charge is 0.496 e. The standard InChI is InChI=1S/C17H15NO4/c1-21-15-11-14(9-7-12(15)8-10-16(18)19)22-17(20)13-5-3-2-4-6-13/h2-11H,1H3,(H2,18,19). The Kier molecular flexibility index (Phi) is 4.93. The van der Waals surface area contributed by atoms with Gasteiger partial charge in [-0.25, -0.2) is 4.79 Å². The molecule has 0 radical (unpaired) electrons. The van der Waals surface area contributed by atoms with E-state index in [1.54, 1.807) is 42.5 Å². The van der Waals surface area contributed by atoms with Gasteiger partial charge in [0.1, 0.15) is 11.5 Å². The summed E-state index contributed by atoms with van der Waals surface area (Å²) in [5.41, 5.74) is 6.17. The summed E-state index contributed by atoms with van der Waals surface area (Å²) in [4.78, 5) is 22.7. The van der Waals surface area contributed by atoms with Gasteiger partial charge < -0.3 is 15.2 Å². The van der Waals surface area contributed by atoms with Crippen LogP contribution in [0, 0.1) is 0 Å². The Morgan fingerprint density at radius 3 is 2.45 bits per heavy atom.